The normalized spacial score (nSPS) is 17.3. The predicted molar refractivity (Wildman–Crippen MR) is 117 cm³/mol. The monoisotopic (exact) mass is 497 g/mol. The molecule has 1 atom stereocenters. The number of rotatable bonds is 3. The van der Waals surface area contributed by atoms with Gasteiger partial charge in [0.25, 0.3) is 17.8 Å². The van der Waals surface area contributed by atoms with Crippen LogP contribution < -0.4 is 10.3 Å². The predicted octanol–water partition coefficient (Wildman–Crippen LogP) is 3.20. The number of hydrogen-bond donors (Lipinski definition) is 1. The van der Waals surface area contributed by atoms with E-state index in [4.69, 9.17) is 4.42 Å². The Morgan fingerprint density at radius 2 is 1.97 bits per heavy atom. The van der Waals surface area contributed by atoms with E-state index in [0.717, 1.165) is 0 Å². The van der Waals surface area contributed by atoms with Crippen LogP contribution in [-0.2, 0) is 4.79 Å². The minimum absolute atomic E-state index is 0.0390. The summed E-state index contributed by atoms with van der Waals surface area (Å²) in [4.78, 5) is 33.7. The molecule has 0 spiro atoms. The standard InChI is InChI=1S/C20H13BrFN7O3/c1-10-8-16(24-19(31)14-6-7-15(21)32-14)29(27-10)20-25-17-13(18(30)26-20)9-23-28(17)12-4-2-11(22)3-5-12/h2-9,13H,1H3,(H,24,31). The summed E-state index contributed by atoms with van der Waals surface area (Å²) in [6.07, 6.45) is 1.43. The third-order valence-electron chi connectivity index (χ3n) is 4.65. The van der Waals surface area contributed by atoms with Crippen molar-refractivity contribution in [3.05, 3.63) is 64.4 Å². The lowest BCUT2D eigenvalue weighted by Crippen LogP contribution is -2.36. The Kier molecular flexibility index (Phi) is 4.78. The van der Waals surface area contributed by atoms with Crippen LogP contribution in [0.4, 0.5) is 15.9 Å². The molecule has 0 saturated carbocycles. The van der Waals surface area contributed by atoms with E-state index in [9.17, 15) is 14.0 Å². The van der Waals surface area contributed by atoms with E-state index in [0.29, 0.717) is 21.9 Å². The van der Waals surface area contributed by atoms with E-state index in [1.807, 2.05) is 0 Å². The van der Waals surface area contributed by atoms with Gasteiger partial charge in [0.2, 0.25) is 0 Å². The van der Waals surface area contributed by atoms with Gasteiger partial charge < -0.3 is 9.73 Å². The number of aliphatic imine (C=N–C) groups is 2. The van der Waals surface area contributed by atoms with Gasteiger partial charge in [-0.25, -0.2) is 9.40 Å². The fourth-order valence-electron chi connectivity index (χ4n) is 3.21. The van der Waals surface area contributed by atoms with Crippen molar-refractivity contribution in [2.24, 2.45) is 21.0 Å². The number of aromatic nitrogens is 2. The van der Waals surface area contributed by atoms with Crippen molar-refractivity contribution in [1.82, 2.24) is 9.78 Å². The second kappa shape index (κ2) is 7.64. The summed E-state index contributed by atoms with van der Waals surface area (Å²) in [5.74, 6) is -1.56. The average molecular weight is 498 g/mol. The summed E-state index contributed by atoms with van der Waals surface area (Å²) in [6, 6.07) is 10.3. The third-order valence-corrected chi connectivity index (χ3v) is 5.07. The zero-order valence-corrected chi connectivity index (χ0v) is 17.9. The first-order valence-electron chi connectivity index (χ1n) is 9.34. The van der Waals surface area contributed by atoms with Crippen LogP contribution in [0.3, 0.4) is 0 Å². The maximum atomic E-state index is 13.3. The number of nitrogens with one attached hydrogen (secondary N) is 1. The number of furan rings is 1. The van der Waals surface area contributed by atoms with Crippen molar-refractivity contribution >= 4 is 57.3 Å². The molecule has 0 radical (unpaired) electrons. The summed E-state index contributed by atoms with van der Waals surface area (Å²) in [7, 11) is 0. The second-order valence-corrected chi connectivity index (χ2v) is 7.67. The molecule has 1 unspecified atom stereocenters. The number of nitrogens with zero attached hydrogens (tertiary/aromatic N) is 6. The number of carbonyl (C=O) groups is 2. The molecule has 4 heterocycles. The molecular weight excluding hydrogens is 485 g/mol. The Morgan fingerprint density at radius 3 is 2.69 bits per heavy atom. The number of benzene rings is 1. The van der Waals surface area contributed by atoms with Crippen molar-refractivity contribution < 1.29 is 18.4 Å². The lowest BCUT2D eigenvalue weighted by Gasteiger charge is -2.20. The summed E-state index contributed by atoms with van der Waals surface area (Å²) < 4.78 is 20.2. The smallest absolute Gasteiger partial charge is 0.292 e. The molecule has 1 aromatic carbocycles. The molecule has 2 aliphatic heterocycles. The summed E-state index contributed by atoms with van der Waals surface area (Å²) in [6.45, 7) is 1.72. The Labute approximate surface area is 188 Å². The molecule has 2 aromatic heterocycles. The molecule has 5 rings (SSSR count). The highest BCUT2D eigenvalue weighted by atomic mass is 79.9. The van der Waals surface area contributed by atoms with Gasteiger partial charge in [-0.15, -0.1) is 0 Å². The second-order valence-electron chi connectivity index (χ2n) is 6.89. The number of carbonyl (C=O) groups excluding carboxylic acids is 2. The van der Waals surface area contributed by atoms with Gasteiger partial charge in [-0.05, 0) is 59.3 Å². The molecule has 0 aliphatic carbocycles. The number of amides is 2. The van der Waals surface area contributed by atoms with Gasteiger partial charge in [0.1, 0.15) is 17.6 Å². The number of hydrogen-bond acceptors (Lipinski definition) is 7. The van der Waals surface area contributed by atoms with Crippen molar-refractivity contribution in [1.29, 1.82) is 0 Å². The van der Waals surface area contributed by atoms with Crippen LogP contribution in [0.25, 0.3) is 0 Å². The fraction of sp³-hybridized carbons (Fsp3) is 0.100. The minimum atomic E-state index is -0.765. The van der Waals surface area contributed by atoms with Gasteiger partial charge in [-0.2, -0.15) is 24.9 Å². The topological polar surface area (TPSA) is 117 Å². The Hall–Kier alpha value is -3.93. The molecule has 2 amide bonds. The number of halogens is 2. The van der Waals surface area contributed by atoms with Gasteiger partial charge in [0, 0.05) is 12.3 Å². The van der Waals surface area contributed by atoms with Crippen LogP contribution >= 0.6 is 15.9 Å². The molecule has 3 aromatic rings. The third kappa shape index (κ3) is 3.54. The van der Waals surface area contributed by atoms with Gasteiger partial charge in [-0.1, -0.05) is 0 Å². The Bertz CT molecular complexity index is 1340. The van der Waals surface area contributed by atoms with E-state index >= 15 is 0 Å². The molecule has 0 fully saturated rings. The van der Waals surface area contributed by atoms with Crippen LogP contribution in [0.1, 0.15) is 16.2 Å². The highest BCUT2D eigenvalue weighted by Crippen LogP contribution is 2.26. The molecule has 0 saturated heterocycles. The lowest BCUT2D eigenvalue weighted by atomic mass is 10.1. The van der Waals surface area contributed by atoms with E-state index in [1.165, 1.54) is 46.2 Å². The Balaban J connectivity index is 1.49. The van der Waals surface area contributed by atoms with Gasteiger partial charge in [0.15, 0.2) is 16.3 Å². The first-order chi connectivity index (χ1) is 15.4. The zero-order chi connectivity index (χ0) is 22.4. The van der Waals surface area contributed by atoms with Crippen LogP contribution in [0.2, 0.25) is 0 Å². The molecule has 32 heavy (non-hydrogen) atoms. The van der Waals surface area contributed by atoms with Gasteiger partial charge in [-0.3, -0.25) is 9.59 Å². The van der Waals surface area contributed by atoms with E-state index in [-0.39, 0.29) is 17.5 Å². The first-order valence-corrected chi connectivity index (χ1v) is 10.1. The number of aryl methyl sites for hydroxylation is 1. The molecule has 160 valence electrons. The fourth-order valence-corrected chi connectivity index (χ4v) is 3.52. The van der Waals surface area contributed by atoms with E-state index < -0.39 is 23.5 Å². The maximum Gasteiger partial charge on any atom is 0.292 e. The highest BCUT2D eigenvalue weighted by Gasteiger charge is 2.37. The number of anilines is 2. The molecule has 0 bridgehead atoms. The summed E-state index contributed by atoms with van der Waals surface area (Å²) >= 11 is 3.15. The Morgan fingerprint density at radius 1 is 1.19 bits per heavy atom. The largest absolute Gasteiger partial charge is 0.444 e. The molecule has 10 nitrogen and oxygen atoms in total. The van der Waals surface area contributed by atoms with Gasteiger partial charge >= 0.3 is 0 Å². The van der Waals surface area contributed by atoms with Crippen molar-refractivity contribution in [3.8, 4) is 0 Å². The van der Waals surface area contributed by atoms with Crippen LogP contribution in [0, 0.1) is 18.7 Å². The van der Waals surface area contributed by atoms with E-state index in [1.54, 1.807) is 19.1 Å². The summed E-state index contributed by atoms with van der Waals surface area (Å²) in [5, 5.41) is 12.6. The number of fused-ring (bicyclic) bond motifs is 1. The molecule has 2 aliphatic rings. The van der Waals surface area contributed by atoms with Crippen LogP contribution in [0.5, 0.6) is 0 Å². The SMILES string of the molecule is Cc1cc(NC(=O)c2ccc(Br)o2)n(C2=NC(=O)C3C=NN(c4ccc(F)cc4)C3=N2)n1. The molecule has 12 heteroatoms. The molecule has 1 N–H and O–H groups in total. The number of amidine groups is 1. The zero-order valence-electron chi connectivity index (χ0n) is 16.4. The number of hydrazone groups is 1. The highest BCUT2D eigenvalue weighted by molar-refractivity contribution is 9.10. The minimum Gasteiger partial charge on any atom is -0.444 e. The summed E-state index contributed by atoms with van der Waals surface area (Å²) in [5.41, 5.74) is 1.10. The molecular formula is C20H13BrFN7O3. The first kappa shape index (κ1) is 20.0. The van der Waals surface area contributed by atoms with Crippen molar-refractivity contribution in [2.75, 3.05) is 10.3 Å². The van der Waals surface area contributed by atoms with Crippen LogP contribution in [0.15, 0.2) is 66.6 Å². The van der Waals surface area contributed by atoms with Crippen molar-refractivity contribution in [2.45, 2.75) is 6.92 Å². The quantitative estimate of drug-likeness (QED) is 0.595. The average Bonchev–Trinajstić information content (AvgIpc) is 3.47. The lowest BCUT2D eigenvalue weighted by molar-refractivity contribution is -0.118. The van der Waals surface area contributed by atoms with Crippen molar-refractivity contribution in [3.63, 3.8) is 0 Å². The van der Waals surface area contributed by atoms with E-state index in [2.05, 4.69) is 41.4 Å². The van der Waals surface area contributed by atoms with Gasteiger partial charge in [0.05, 0.1) is 11.4 Å². The maximum absolute atomic E-state index is 13.3. The van der Waals surface area contributed by atoms with Crippen LogP contribution in [-0.4, -0.2) is 39.6 Å².